The van der Waals surface area contributed by atoms with Gasteiger partial charge in [-0.15, -0.1) is 0 Å². The minimum absolute atomic E-state index is 0.242. The second kappa shape index (κ2) is 21.2. The van der Waals surface area contributed by atoms with Gasteiger partial charge in [0.05, 0.1) is 21.1 Å². The van der Waals surface area contributed by atoms with E-state index in [1.807, 2.05) is 33.3 Å². The molecule has 0 spiro atoms. The summed E-state index contributed by atoms with van der Waals surface area (Å²) in [6.07, 6.45) is 30.2. The zero-order chi connectivity index (χ0) is 25.5. The first kappa shape index (κ1) is 31.6. The number of likely N-dealkylation sites (N-methyl/N-ethyl adjacent to an activating group) is 1. The van der Waals surface area contributed by atoms with E-state index in [4.69, 9.17) is 4.74 Å². The molecule has 0 aromatic heterocycles. The molecular formula is C29H47NO4. The van der Waals surface area contributed by atoms with Crippen molar-refractivity contribution >= 4 is 11.9 Å². The van der Waals surface area contributed by atoms with Crippen molar-refractivity contribution in [1.82, 2.24) is 0 Å². The monoisotopic (exact) mass is 473 g/mol. The maximum atomic E-state index is 12.0. The van der Waals surface area contributed by atoms with Crippen LogP contribution in [0, 0.1) is 0 Å². The summed E-state index contributed by atoms with van der Waals surface area (Å²) < 4.78 is 5.85. The van der Waals surface area contributed by atoms with Crippen molar-refractivity contribution in [1.29, 1.82) is 0 Å². The molecule has 0 aliphatic heterocycles. The fraction of sp³-hybridized carbons (Fsp3) is 0.586. The van der Waals surface area contributed by atoms with Crippen molar-refractivity contribution in [3.8, 4) is 0 Å². The Labute approximate surface area is 208 Å². The molecule has 0 heterocycles. The van der Waals surface area contributed by atoms with E-state index in [0.29, 0.717) is 17.4 Å². The maximum absolute atomic E-state index is 12.0. The number of nitrogens with zero attached hydrogens (tertiary/aromatic N) is 1. The number of carboxylic acid groups (broad SMARTS) is 1. The second-order valence-corrected chi connectivity index (χ2v) is 9.50. The van der Waals surface area contributed by atoms with Crippen molar-refractivity contribution in [2.45, 2.75) is 83.7 Å². The minimum Gasteiger partial charge on any atom is -0.550 e. The van der Waals surface area contributed by atoms with Crippen molar-refractivity contribution < 1.29 is 23.9 Å². The predicted molar refractivity (Wildman–Crippen MR) is 140 cm³/mol. The quantitative estimate of drug-likeness (QED) is 0.102. The Kier molecular flexibility index (Phi) is 19.7. The van der Waals surface area contributed by atoms with Gasteiger partial charge in [-0.1, -0.05) is 80.5 Å². The molecular weight excluding hydrogens is 426 g/mol. The Morgan fingerprint density at radius 3 is 1.68 bits per heavy atom. The van der Waals surface area contributed by atoms with Gasteiger partial charge < -0.3 is 19.1 Å². The zero-order valence-electron chi connectivity index (χ0n) is 21.9. The number of carbonyl (C=O) groups is 2. The van der Waals surface area contributed by atoms with Crippen LogP contribution in [-0.4, -0.2) is 50.2 Å². The van der Waals surface area contributed by atoms with Gasteiger partial charge in [0.25, 0.3) is 0 Å². The number of carboxylic acids is 1. The highest BCUT2D eigenvalue weighted by atomic mass is 16.5. The Morgan fingerprint density at radius 1 is 0.765 bits per heavy atom. The first-order valence-electron chi connectivity index (χ1n) is 12.7. The van der Waals surface area contributed by atoms with Crippen LogP contribution in [-0.2, 0) is 14.3 Å². The molecule has 0 radical (unpaired) electrons. The molecule has 34 heavy (non-hydrogen) atoms. The van der Waals surface area contributed by atoms with Gasteiger partial charge in [0.1, 0.15) is 6.54 Å². The second-order valence-electron chi connectivity index (χ2n) is 9.50. The summed E-state index contributed by atoms with van der Waals surface area (Å²) in [4.78, 5) is 22.9. The van der Waals surface area contributed by atoms with Gasteiger partial charge in [-0.25, -0.2) is 0 Å². The molecule has 192 valence electrons. The Hall–Kier alpha value is -2.40. The Morgan fingerprint density at radius 2 is 1.24 bits per heavy atom. The number of allylic oxidation sites excluding steroid dienone is 10. The van der Waals surface area contributed by atoms with Crippen molar-refractivity contribution in [2.24, 2.45) is 0 Å². The van der Waals surface area contributed by atoms with Crippen molar-refractivity contribution in [3.05, 3.63) is 60.8 Å². The summed E-state index contributed by atoms with van der Waals surface area (Å²) in [7, 11) is 5.78. The van der Waals surface area contributed by atoms with E-state index in [0.717, 1.165) is 25.7 Å². The Balaban J connectivity index is 3.88. The van der Waals surface area contributed by atoms with Crippen LogP contribution in [0.25, 0.3) is 0 Å². The lowest BCUT2D eigenvalue weighted by Crippen LogP contribution is -2.45. The Bertz CT molecular complexity index is 681. The molecule has 0 aliphatic rings. The van der Waals surface area contributed by atoms with E-state index in [2.05, 4.69) is 55.5 Å². The highest BCUT2D eigenvalue weighted by molar-refractivity contribution is 5.71. The summed E-state index contributed by atoms with van der Waals surface area (Å²) in [5, 5.41) is 10.9. The number of hydrogen-bond donors (Lipinski definition) is 0. The summed E-state index contributed by atoms with van der Waals surface area (Å²) in [5.41, 5.74) is 0. The van der Waals surface area contributed by atoms with Gasteiger partial charge in [-0.2, -0.15) is 0 Å². The first-order chi connectivity index (χ1) is 16.2. The third-order valence-corrected chi connectivity index (χ3v) is 4.86. The molecule has 0 aromatic rings. The molecule has 5 heteroatoms. The predicted octanol–water partition coefficient (Wildman–Crippen LogP) is 5.45. The van der Waals surface area contributed by atoms with Crippen LogP contribution >= 0.6 is 0 Å². The molecule has 1 unspecified atom stereocenters. The molecule has 0 amide bonds. The fourth-order valence-corrected chi connectivity index (χ4v) is 3.22. The van der Waals surface area contributed by atoms with Crippen LogP contribution in [0.5, 0.6) is 0 Å². The molecule has 0 aliphatic carbocycles. The largest absolute Gasteiger partial charge is 0.550 e. The van der Waals surface area contributed by atoms with E-state index in [1.54, 1.807) is 0 Å². The van der Waals surface area contributed by atoms with Crippen LogP contribution in [0.15, 0.2) is 60.8 Å². The standard InChI is InChI=1S/C29H47NO4/c1-5-6-7-8-9-10-11-12-13-14-15-16-17-18-19-20-21-22-23-24-29(33)34-27(25-28(31)32)26-30(2,3)4/h9-10,12-13,15-16,18-19,21-22,27H,5-8,11,14,17,20,23-26H2,1-4H3. The molecule has 0 N–H and O–H groups in total. The van der Waals surface area contributed by atoms with Crippen LogP contribution in [0.2, 0.25) is 0 Å². The number of esters is 1. The van der Waals surface area contributed by atoms with Crippen LogP contribution in [0.4, 0.5) is 0 Å². The summed E-state index contributed by atoms with van der Waals surface area (Å²) in [6, 6.07) is 0. The molecule has 0 rings (SSSR count). The fourth-order valence-electron chi connectivity index (χ4n) is 3.22. The zero-order valence-corrected chi connectivity index (χ0v) is 21.9. The van der Waals surface area contributed by atoms with Crippen LogP contribution < -0.4 is 5.11 Å². The van der Waals surface area contributed by atoms with Gasteiger partial charge in [-0.3, -0.25) is 4.79 Å². The number of hydrogen-bond acceptors (Lipinski definition) is 4. The van der Waals surface area contributed by atoms with Crippen molar-refractivity contribution in [3.63, 3.8) is 0 Å². The molecule has 0 saturated heterocycles. The van der Waals surface area contributed by atoms with E-state index >= 15 is 0 Å². The lowest BCUT2D eigenvalue weighted by molar-refractivity contribution is -0.873. The molecule has 1 atom stereocenters. The highest BCUT2D eigenvalue weighted by Crippen LogP contribution is 2.07. The smallest absolute Gasteiger partial charge is 0.306 e. The van der Waals surface area contributed by atoms with Gasteiger partial charge in [0.15, 0.2) is 6.10 Å². The molecule has 5 nitrogen and oxygen atoms in total. The average Bonchev–Trinajstić information content (AvgIpc) is 2.73. The minimum atomic E-state index is -1.20. The highest BCUT2D eigenvalue weighted by Gasteiger charge is 2.22. The van der Waals surface area contributed by atoms with Gasteiger partial charge in [-0.05, 0) is 44.9 Å². The van der Waals surface area contributed by atoms with Gasteiger partial charge in [0, 0.05) is 18.8 Å². The van der Waals surface area contributed by atoms with Crippen LogP contribution in [0.3, 0.4) is 0 Å². The van der Waals surface area contributed by atoms with Gasteiger partial charge in [0.2, 0.25) is 0 Å². The van der Waals surface area contributed by atoms with Crippen LogP contribution in [0.1, 0.15) is 77.6 Å². The first-order valence-corrected chi connectivity index (χ1v) is 12.7. The maximum Gasteiger partial charge on any atom is 0.306 e. The molecule has 0 aromatic carbocycles. The SMILES string of the molecule is CCCCCC=CCC=CCC=CCC=CCC=CCCC(=O)OC(CC(=O)[O-])C[N+](C)(C)C. The molecule has 0 bridgehead atoms. The topological polar surface area (TPSA) is 66.4 Å². The third-order valence-electron chi connectivity index (χ3n) is 4.86. The lowest BCUT2D eigenvalue weighted by Gasteiger charge is -2.29. The summed E-state index contributed by atoms with van der Waals surface area (Å²) in [5.74, 6) is -1.58. The van der Waals surface area contributed by atoms with Crippen molar-refractivity contribution in [2.75, 3.05) is 27.7 Å². The normalized spacial score (nSPS) is 13.8. The van der Waals surface area contributed by atoms with E-state index in [1.165, 1.54) is 25.7 Å². The summed E-state index contributed by atoms with van der Waals surface area (Å²) in [6.45, 7) is 2.66. The van der Waals surface area contributed by atoms with E-state index < -0.39 is 12.1 Å². The number of quaternary nitrogens is 1. The molecule has 0 fully saturated rings. The number of unbranched alkanes of at least 4 members (excludes halogenated alkanes) is 3. The summed E-state index contributed by atoms with van der Waals surface area (Å²) >= 11 is 0. The molecule has 0 saturated carbocycles. The lowest BCUT2D eigenvalue weighted by atomic mass is 10.2. The van der Waals surface area contributed by atoms with E-state index in [9.17, 15) is 14.7 Å². The van der Waals surface area contributed by atoms with E-state index in [-0.39, 0.29) is 18.8 Å². The number of rotatable bonds is 20. The number of carbonyl (C=O) groups excluding carboxylic acids is 2. The number of ether oxygens (including phenoxy) is 1. The van der Waals surface area contributed by atoms with Gasteiger partial charge >= 0.3 is 5.97 Å². The number of aliphatic carboxylic acids is 1. The third kappa shape index (κ3) is 24.2. The average molecular weight is 474 g/mol.